The maximum absolute atomic E-state index is 5.78. The van der Waals surface area contributed by atoms with Crippen molar-refractivity contribution in [3.63, 3.8) is 0 Å². The molecular weight excluding hydrogens is 1090 g/mol. The van der Waals surface area contributed by atoms with E-state index in [1.54, 1.807) is 0 Å². The Labute approximate surface area is 523 Å². The number of fused-ring (bicyclic) bond motifs is 7. The van der Waals surface area contributed by atoms with Crippen molar-refractivity contribution < 1.29 is 0 Å². The fraction of sp³-hybridized carbons (Fsp3) is 0.0244. The van der Waals surface area contributed by atoms with E-state index in [0.29, 0.717) is 11.6 Å². The third-order valence-corrected chi connectivity index (χ3v) is 17.9. The predicted octanol–water partition coefficient (Wildman–Crippen LogP) is 18.7. The quantitative estimate of drug-likeness (QED) is 0.127. The van der Waals surface area contributed by atoms with Gasteiger partial charge in [0.15, 0.2) is 11.6 Å². The second kappa shape index (κ2) is 21.6. The molecule has 0 bridgehead atoms. The van der Waals surface area contributed by atoms with Crippen LogP contribution >= 0.6 is 0 Å². The normalized spacial score (nSPS) is 12.3. The van der Waals surface area contributed by atoms with Crippen LogP contribution in [0.25, 0.3) is 106 Å². The Morgan fingerprint density at radius 3 is 1.31 bits per heavy atom. The lowest BCUT2D eigenvalue weighted by molar-refractivity contribution is 1.13. The minimum atomic E-state index is -0.0342. The highest BCUT2D eigenvalue weighted by molar-refractivity contribution is 7.00. The van der Waals surface area contributed by atoms with E-state index in [4.69, 9.17) is 19.9 Å². The molecule has 0 atom stereocenters. The van der Waals surface area contributed by atoms with Crippen LogP contribution in [0.3, 0.4) is 0 Å². The zero-order valence-corrected chi connectivity index (χ0v) is 49.6. The van der Waals surface area contributed by atoms with Crippen LogP contribution in [0, 0.1) is 13.8 Å². The molecule has 7 nitrogen and oxygen atoms in total. The molecule has 17 rings (SSSR count). The summed E-state index contributed by atoms with van der Waals surface area (Å²) < 4.78 is 2.40. The largest absolute Gasteiger partial charge is 0.311 e. The van der Waals surface area contributed by atoms with Crippen molar-refractivity contribution in [1.29, 1.82) is 0 Å². The van der Waals surface area contributed by atoms with Gasteiger partial charge >= 0.3 is 0 Å². The van der Waals surface area contributed by atoms with Gasteiger partial charge in [0.05, 0.1) is 45.2 Å². The van der Waals surface area contributed by atoms with Crippen LogP contribution in [0.15, 0.2) is 303 Å². The summed E-state index contributed by atoms with van der Waals surface area (Å²) in [5, 5.41) is 2.38. The van der Waals surface area contributed by atoms with E-state index < -0.39 is 0 Å². The van der Waals surface area contributed by atoms with E-state index in [-0.39, 0.29) is 6.71 Å². The second-order valence-electron chi connectivity index (χ2n) is 23.5. The average Bonchev–Trinajstić information content (AvgIpc) is 0.809. The van der Waals surface area contributed by atoms with Gasteiger partial charge in [-0.3, -0.25) is 0 Å². The molecule has 5 heterocycles. The molecule has 0 fully saturated rings. The minimum Gasteiger partial charge on any atom is -0.311 e. The summed E-state index contributed by atoms with van der Waals surface area (Å²) in [6.45, 7) is 4.30. The molecule has 2 aliphatic rings. The van der Waals surface area contributed by atoms with Gasteiger partial charge in [0.2, 0.25) is 0 Å². The molecular formula is C82H56BN7. The van der Waals surface area contributed by atoms with Gasteiger partial charge in [0.25, 0.3) is 6.71 Å². The molecule has 422 valence electrons. The molecule has 0 unspecified atom stereocenters. The van der Waals surface area contributed by atoms with Crippen LogP contribution in [-0.2, 0) is 0 Å². The van der Waals surface area contributed by atoms with Gasteiger partial charge in [0, 0.05) is 78.2 Å². The lowest BCUT2D eigenvalue weighted by Gasteiger charge is -2.45. The average molecular weight is 1150 g/mol. The topological polar surface area (TPSA) is 63.0 Å². The number of aromatic nitrogens is 5. The van der Waals surface area contributed by atoms with E-state index in [0.717, 1.165) is 112 Å². The number of anilines is 6. The monoisotopic (exact) mass is 1150 g/mol. The van der Waals surface area contributed by atoms with Gasteiger partial charge in [-0.15, -0.1) is 0 Å². The van der Waals surface area contributed by atoms with Crippen molar-refractivity contribution in [2.45, 2.75) is 13.8 Å². The van der Waals surface area contributed by atoms with Crippen molar-refractivity contribution in [3.8, 4) is 84.6 Å². The highest BCUT2D eigenvalue weighted by Gasteiger charge is 2.44. The Bertz CT molecular complexity index is 5160. The van der Waals surface area contributed by atoms with Crippen molar-refractivity contribution in [3.05, 3.63) is 314 Å². The smallest absolute Gasteiger partial charge is 0.252 e. The molecule has 0 radical (unpaired) electrons. The molecule has 0 saturated heterocycles. The number of hydrogen-bond donors (Lipinski definition) is 0. The molecule has 0 amide bonds. The Balaban J connectivity index is 0.904. The van der Waals surface area contributed by atoms with Gasteiger partial charge < -0.3 is 14.4 Å². The lowest BCUT2D eigenvalue weighted by atomic mass is 9.33. The summed E-state index contributed by atoms with van der Waals surface area (Å²) in [5.41, 5.74) is 27.3. The predicted molar refractivity (Wildman–Crippen MR) is 374 cm³/mol. The highest BCUT2D eigenvalue weighted by Crippen LogP contribution is 2.49. The number of nitrogens with zero attached hydrogens (tertiary/aromatic N) is 7. The van der Waals surface area contributed by atoms with Gasteiger partial charge in [0.1, 0.15) is 0 Å². The minimum absolute atomic E-state index is 0.0342. The first-order chi connectivity index (χ1) is 44.5. The van der Waals surface area contributed by atoms with Crippen molar-refractivity contribution in [2.24, 2.45) is 0 Å². The van der Waals surface area contributed by atoms with Crippen LogP contribution in [0.5, 0.6) is 0 Å². The summed E-state index contributed by atoms with van der Waals surface area (Å²) in [6, 6.07) is 109. The molecule has 0 saturated carbocycles. The fourth-order valence-electron chi connectivity index (χ4n) is 13.8. The van der Waals surface area contributed by atoms with E-state index in [1.807, 2.05) is 24.3 Å². The van der Waals surface area contributed by atoms with Crippen LogP contribution < -0.4 is 26.2 Å². The van der Waals surface area contributed by atoms with Gasteiger partial charge in [-0.25, -0.2) is 19.9 Å². The third kappa shape index (κ3) is 8.90. The zero-order valence-electron chi connectivity index (χ0n) is 49.6. The molecule has 0 aliphatic carbocycles. The number of benzene rings is 12. The molecule has 12 aromatic carbocycles. The molecule has 0 spiro atoms. The first kappa shape index (κ1) is 52.6. The molecule has 90 heavy (non-hydrogen) atoms. The number of para-hydroxylation sites is 4. The van der Waals surface area contributed by atoms with Crippen LogP contribution in [-0.4, -0.2) is 31.2 Å². The van der Waals surface area contributed by atoms with Crippen molar-refractivity contribution in [2.75, 3.05) is 9.80 Å². The SMILES string of the molecule is Cc1ccc2c(c1)c1cc(C)ccc1n2-c1ccc(-c2cc(-c3ccccc3)nc(-c3ccccc3)n2)cc1-c1nc(-c2ccccc2)cc(-c2cccc(-c3ccc4c5c3N(c3ccccc3)c3ccccc3B5c3ccccc3N4c3ccccc3)c2)n1. The van der Waals surface area contributed by atoms with E-state index >= 15 is 0 Å². The first-order valence-corrected chi connectivity index (χ1v) is 30.7. The maximum atomic E-state index is 5.78. The van der Waals surface area contributed by atoms with E-state index in [9.17, 15) is 0 Å². The first-order valence-electron chi connectivity index (χ1n) is 30.7. The third-order valence-electron chi connectivity index (χ3n) is 17.9. The zero-order chi connectivity index (χ0) is 59.8. The molecule has 0 N–H and O–H groups in total. The molecule has 3 aromatic heterocycles. The highest BCUT2D eigenvalue weighted by atomic mass is 15.2. The van der Waals surface area contributed by atoms with Gasteiger partial charge in [-0.1, -0.05) is 217 Å². The van der Waals surface area contributed by atoms with Crippen LogP contribution in [0.2, 0.25) is 0 Å². The summed E-state index contributed by atoms with van der Waals surface area (Å²) in [6.07, 6.45) is 0. The number of rotatable bonds is 10. The molecule has 15 aromatic rings. The number of aryl methyl sites for hydroxylation is 2. The van der Waals surface area contributed by atoms with Crippen LogP contribution in [0.4, 0.5) is 34.1 Å². The second-order valence-corrected chi connectivity index (χ2v) is 23.5. The van der Waals surface area contributed by atoms with Gasteiger partial charge in [-0.05, 0) is 133 Å². The van der Waals surface area contributed by atoms with Crippen LogP contribution in [0.1, 0.15) is 11.1 Å². The number of hydrogen-bond acceptors (Lipinski definition) is 6. The van der Waals surface area contributed by atoms with E-state index in [1.165, 1.54) is 44.0 Å². The summed E-state index contributed by atoms with van der Waals surface area (Å²) in [5.74, 6) is 1.23. The lowest BCUT2D eigenvalue weighted by Crippen LogP contribution is -2.61. The summed E-state index contributed by atoms with van der Waals surface area (Å²) >= 11 is 0. The fourth-order valence-corrected chi connectivity index (χ4v) is 13.8. The Hall–Kier alpha value is -11.7. The van der Waals surface area contributed by atoms with Crippen molar-refractivity contribution in [1.82, 2.24) is 24.5 Å². The summed E-state index contributed by atoms with van der Waals surface area (Å²) in [7, 11) is 0. The standard InChI is InChI=1S/C82H56BN7/c1-53-39-43-73-64(47-53)65-48-54(2)40-44-74(65)90(73)75-45-41-60(72-51-69(55-23-8-3-9-24-55)84-81(85-72)57-27-12-5-13-28-57)50-66(75)82-86-70(56-25-10-4-11-26-56)52-71(87-82)59-30-22-29-58(49-59)63-42-46-78-79-80(63)89(62-33-16-7-17-34-62)77-38-21-19-36-68(77)83(79)67-35-18-20-37-76(67)88(78)61-31-14-6-15-32-61/h3-52H,1-2H3. The maximum Gasteiger partial charge on any atom is 0.252 e. The Morgan fingerprint density at radius 2 is 0.733 bits per heavy atom. The Morgan fingerprint density at radius 1 is 0.289 bits per heavy atom. The Kier molecular flexibility index (Phi) is 12.6. The van der Waals surface area contributed by atoms with Crippen molar-refractivity contribution >= 4 is 79.0 Å². The molecule has 2 aliphatic heterocycles. The summed E-state index contributed by atoms with van der Waals surface area (Å²) in [4.78, 5) is 26.9. The molecule has 8 heteroatoms. The van der Waals surface area contributed by atoms with E-state index in [2.05, 4.69) is 307 Å². The van der Waals surface area contributed by atoms with Gasteiger partial charge in [-0.2, -0.15) is 0 Å².